The van der Waals surface area contributed by atoms with Gasteiger partial charge in [-0.05, 0) is 24.2 Å². The maximum absolute atomic E-state index is 9.73. The van der Waals surface area contributed by atoms with Crippen LogP contribution in [0.1, 0.15) is 47.0 Å². The van der Waals surface area contributed by atoms with Crippen LogP contribution in [-0.4, -0.2) is 34.1 Å². The van der Waals surface area contributed by atoms with Crippen LogP contribution in [0.4, 0.5) is 0 Å². The van der Waals surface area contributed by atoms with Gasteiger partial charge in [0.05, 0.1) is 18.8 Å². The van der Waals surface area contributed by atoms with E-state index in [9.17, 15) is 10.2 Å². The molecule has 3 heteroatoms. The Labute approximate surface area is 93.1 Å². The second-order valence-corrected chi connectivity index (χ2v) is 5.69. The maximum atomic E-state index is 9.73. The molecule has 0 saturated carbocycles. The lowest BCUT2D eigenvalue weighted by Gasteiger charge is -2.29. The molecule has 0 aromatic carbocycles. The van der Waals surface area contributed by atoms with Crippen molar-refractivity contribution in [3.63, 3.8) is 0 Å². The average molecular weight is 218 g/mol. The standard InChI is InChI=1S/C12H26O3/c1-9(2)6-12(3,4)7-10(14)5-11(15)8-13/h9-11,13-15H,5-8H2,1-4H3. The SMILES string of the molecule is CC(C)CC(C)(C)CC(O)CC(O)CO. The van der Waals surface area contributed by atoms with Gasteiger partial charge in [-0.3, -0.25) is 0 Å². The van der Waals surface area contributed by atoms with Crippen molar-refractivity contribution in [3.05, 3.63) is 0 Å². The lowest BCUT2D eigenvalue weighted by molar-refractivity contribution is 0.0218. The molecule has 3 nitrogen and oxygen atoms in total. The molecule has 0 fully saturated rings. The minimum Gasteiger partial charge on any atom is -0.394 e. The Hall–Kier alpha value is -0.120. The summed E-state index contributed by atoms with van der Waals surface area (Å²) in [6, 6.07) is 0. The van der Waals surface area contributed by atoms with Gasteiger partial charge in [-0.2, -0.15) is 0 Å². The third-order valence-electron chi connectivity index (χ3n) is 2.50. The second-order valence-electron chi connectivity index (χ2n) is 5.69. The molecule has 2 atom stereocenters. The zero-order valence-electron chi connectivity index (χ0n) is 10.4. The molecular formula is C12H26O3. The Bertz CT molecular complexity index is 166. The van der Waals surface area contributed by atoms with Crippen molar-refractivity contribution in [2.45, 2.75) is 59.2 Å². The molecule has 0 aliphatic carbocycles. The smallest absolute Gasteiger partial charge is 0.0795 e. The lowest BCUT2D eigenvalue weighted by Crippen LogP contribution is -2.27. The fraction of sp³-hybridized carbons (Fsp3) is 1.00. The number of hydrogen-bond donors (Lipinski definition) is 3. The van der Waals surface area contributed by atoms with Gasteiger partial charge in [-0.1, -0.05) is 27.7 Å². The predicted octanol–water partition coefficient (Wildman–Crippen LogP) is 1.55. The van der Waals surface area contributed by atoms with Crippen molar-refractivity contribution >= 4 is 0 Å². The number of rotatable bonds is 7. The van der Waals surface area contributed by atoms with Crippen LogP contribution < -0.4 is 0 Å². The number of hydrogen-bond acceptors (Lipinski definition) is 3. The highest BCUT2D eigenvalue weighted by molar-refractivity contribution is 4.76. The van der Waals surface area contributed by atoms with E-state index in [2.05, 4.69) is 27.7 Å². The van der Waals surface area contributed by atoms with E-state index in [4.69, 9.17) is 5.11 Å². The lowest BCUT2D eigenvalue weighted by atomic mass is 9.78. The van der Waals surface area contributed by atoms with Crippen molar-refractivity contribution in [2.75, 3.05) is 6.61 Å². The Morgan fingerprint density at radius 3 is 1.93 bits per heavy atom. The summed E-state index contributed by atoms with van der Waals surface area (Å²) in [5.41, 5.74) is 0.0861. The van der Waals surface area contributed by atoms with E-state index in [1.54, 1.807) is 0 Å². The molecule has 92 valence electrons. The highest BCUT2D eigenvalue weighted by atomic mass is 16.3. The fourth-order valence-electron chi connectivity index (χ4n) is 2.30. The van der Waals surface area contributed by atoms with E-state index in [1.165, 1.54) is 0 Å². The Morgan fingerprint density at radius 1 is 1.00 bits per heavy atom. The topological polar surface area (TPSA) is 60.7 Å². The molecule has 0 rings (SSSR count). The molecule has 2 unspecified atom stereocenters. The molecule has 0 aromatic heterocycles. The van der Waals surface area contributed by atoms with E-state index in [0.29, 0.717) is 12.3 Å². The van der Waals surface area contributed by atoms with Gasteiger partial charge >= 0.3 is 0 Å². The third-order valence-corrected chi connectivity index (χ3v) is 2.50. The Morgan fingerprint density at radius 2 is 1.53 bits per heavy atom. The van der Waals surface area contributed by atoms with Gasteiger partial charge < -0.3 is 15.3 Å². The minimum atomic E-state index is -0.796. The Kier molecular flexibility index (Phi) is 6.41. The zero-order chi connectivity index (χ0) is 12.1. The summed E-state index contributed by atoms with van der Waals surface area (Å²) in [7, 11) is 0. The summed E-state index contributed by atoms with van der Waals surface area (Å²) in [5, 5.41) is 27.6. The largest absolute Gasteiger partial charge is 0.394 e. The van der Waals surface area contributed by atoms with Crippen LogP contribution in [0.5, 0.6) is 0 Å². The first-order valence-corrected chi connectivity index (χ1v) is 5.74. The fourth-order valence-corrected chi connectivity index (χ4v) is 2.30. The molecule has 0 aliphatic rings. The van der Waals surface area contributed by atoms with Gasteiger partial charge in [-0.15, -0.1) is 0 Å². The van der Waals surface area contributed by atoms with Gasteiger partial charge in [0.15, 0.2) is 0 Å². The van der Waals surface area contributed by atoms with Crippen LogP contribution in [0.15, 0.2) is 0 Å². The highest BCUT2D eigenvalue weighted by Gasteiger charge is 2.24. The molecule has 0 spiro atoms. The van der Waals surface area contributed by atoms with Gasteiger partial charge in [0.2, 0.25) is 0 Å². The molecule has 0 radical (unpaired) electrons. The van der Waals surface area contributed by atoms with E-state index < -0.39 is 12.2 Å². The van der Waals surface area contributed by atoms with Gasteiger partial charge in [0.1, 0.15) is 0 Å². The minimum absolute atomic E-state index is 0.0861. The Balaban J connectivity index is 3.97. The van der Waals surface area contributed by atoms with Crippen LogP contribution in [0.2, 0.25) is 0 Å². The number of aliphatic hydroxyl groups is 3. The molecule has 0 saturated heterocycles. The summed E-state index contributed by atoms with van der Waals surface area (Å²) in [6.07, 6.45) is 0.662. The molecule has 0 amide bonds. The van der Waals surface area contributed by atoms with Crippen LogP contribution in [-0.2, 0) is 0 Å². The number of aliphatic hydroxyl groups excluding tert-OH is 3. The summed E-state index contributed by atoms with van der Waals surface area (Å²) < 4.78 is 0. The molecule has 0 bridgehead atoms. The summed E-state index contributed by atoms with van der Waals surface area (Å²) in [4.78, 5) is 0. The molecule has 0 aliphatic heterocycles. The summed E-state index contributed by atoms with van der Waals surface area (Å²) >= 11 is 0. The molecule has 15 heavy (non-hydrogen) atoms. The van der Waals surface area contributed by atoms with Crippen molar-refractivity contribution in [3.8, 4) is 0 Å². The van der Waals surface area contributed by atoms with Crippen LogP contribution in [0.25, 0.3) is 0 Å². The van der Waals surface area contributed by atoms with Crippen LogP contribution in [0.3, 0.4) is 0 Å². The molecular weight excluding hydrogens is 192 g/mol. The monoisotopic (exact) mass is 218 g/mol. The highest BCUT2D eigenvalue weighted by Crippen LogP contribution is 2.31. The zero-order valence-corrected chi connectivity index (χ0v) is 10.4. The van der Waals surface area contributed by atoms with E-state index in [0.717, 1.165) is 6.42 Å². The molecule has 0 heterocycles. The van der Waals surface area contributed by atoms with Gasteiger partial charge in [0, 0.05) is 6.42 Å². The van der Waals surface area contributed by atoms with Crippen LogP contribution in [0, 0.1) is 11.3 Å². The van der Waals surface area contributed by atoms with Crippen LogP contribution >= 0.6 is 0 Å². The van der Waals surface area contributed by atoms with Gasteiger partial charge in [-0.25, -0.2) is 0 Å². The van der Waals surface area contributed by atoms with E-state index in [1.807, 2.05) is 0 Å². The predicted molar refractivity (Wildman–Crippen MR) is 61.6 cm³/mol. The van der Waals surface area contributed by atoms with Crippen molar-refractivity contribution < 1.29 is 15.3 Å². The third kappa shape index (κ3) is 7.77. The second kappa shape index (κ2) is 6.46. The summed E-state index contributed by atoms with van der Waals surface area (Å²) in [5.74, 6) is 0.606. The van der Waals surface area contributed by atoms with Crippen molar-refractivity contribution in [2.24, 2.45) is 11.3 Å². The average Bonchev–Trinajstić information content (AvgIpc) is 1.99. The van der Waals surface area contributed by atoms with E-state index in [-0.39, 0.29) is 18.4 Å². The summed E-state index contributed by atoms with van der Waals surface area (Å²) in [6.45, 7) is 8.30. The van der Waals surface area contributed by atoms with E-state index >= 15 is 0 Å². The maximum Gasteiger partial charge on any atom is 0.0795 e. The van der Waals surface area contributed by atoms with Gasteiger partial charge in [0.25, 0.3) is 0 Å². The molecule has 0 aromatic rings. The normalized spacial score (nSPS) is 16.8. The first kappa shape index (κ1) is 14.9. The quantitative estimate of drug-likeness (QED) is 0.607. The first-order chi connectivity index (χ1) is 6.76. The van der Waals surface area contributed by atoms with Crippen molar-refractivity contribution in [1.82, 2.24) is 0 Å². The van der Waals surface area contributed by atoms with Crippen molar-refractivity contribution in [1.29, 1.82) is 0 Å². The first-order valence-electron chi connectivity index (χ1n) is 5.74. The molecule has 3 N–H and O–H groups in total.